The molecule has 1 aliphatic rings. The number of phenolic OH excluding ortho intramolecular Hbond substituents is 2. The minimum absolute atomic E-state index is 0.0131. The van der Waals surface area contributed by atoms with Crippen molar-refractivity contribution < 1.29 is 42.5 Å². The number of aromatic hydroxyl groups is 2. The van der Waals surface area contributed by atoms with Crippen LogP contribution in [-0.2, 0) is 15.7 Å². The molecule has 6 nitrogen and oxygen atoms in total. The Labute approximate surface area is 198 Å². The Morgan fingerprint density at radius 3 is 2.29 bits per heavy atom. The van der Waals surface area contributed by atoms with Crippen LogP contribution < -0.4 is 0 Å². The summed E-state index contributed by atoms with van der Waals surface area (Å²) < 4.78 is 44.9. The summed E-state index contributed by atoms with van der Waals surface area (Å²) in [6.07, 6.45) is -1.60. The van der Waals surface area contributed by atoms with Gasteiger partial charge >= 0.3 is 12.1 Å². The molecule has 0 saturated carbocycles. The number of esters is 1. The summed E-state index contributed by atoms with van der Waals surface area (Å²) in [5, 5.41) is 20.1. The molecule has 1 aliphatic carbocycles. The largest absolute Gasteiger partial charge is 0.507 e. The van der Waals surface area contributed by atoms with Crippen LogP contribution >= 0.6 is 0 Å². The number of hydrogen-bond donors (Lipinski definition) is 2. The number of phenols is 2. The van der Waals surface area contributed by atoms with Crippen LogP contribution in [0.25, 0.3) is 6.08 Å². The zero-order valence-electron chi connectivity index (χ0n) is 18.7. The van der Waals surface area contributed by atoms with Crippen LogP contribution in [0.15, 0.2) is 65.8 Å². The van der Waals surface area contributed by atoms with Gasteiger partial charge < -0.3 is 14.9 Å². The van der Waals surface area contributed by atoms with Crippen LogP contribution in [0.2, 0.25) is 0 Å². The summed E-state index contributed by atoms with van der Waals surface area (Å²) in [6, 6.07) is 6.79. The molecule has 0 fully saturated rings. The van der Waals surface area contributed by atoms with Crippen molar-refractivity contribution in [3.63, 3.8) is 0 Å². The van der Waals surface area contributed by atoms with E-state index in [0.29, 0.717) is 0 Å². The first kappa shape index (κ1) is 25.5. The summed E-state index contributed by atoms with van der Waals surface area (Å²) in [5.74, 6) is -3.65. The van der Waals surface area contributed by atoms with Crippen LogP contribution in [-0.4, -0.2) is 33.9 Å². The van der Waals surface area contributed by atoms with Crippen molar-refractivity contribution in [2.45, 2.75) is 32.5 Å². The fourth-order valence-electron chi connectivity index (χ4n) is 3.54. The van der Waals surface area contributed by atoms with Gasteiger partial charge in [-0.05, 0) is 49.8 Å². The summed E-state index contributed by atoms with van der Waals surface area (Å²) in [6.45, 7) is 3.52. The van der Waals surface area contributed by atoms with E-state index in [1.807, 2.05) is 0 Å². The first-order chi connectivity index (χ1) is 16.4. The van der Waals surface area contributed by atoms with E-state index < -0.39 is 52.4 Å². The molecule has 0 amide bonds. The van der Waals surface area contributed by atoms with Crippen molar-refractivity contribution in [1.29, 1.82) is 0 Å². The number of alkyl halides is 3. The molecule has 0 unspecified atom stereocenters. The van der Waals surface area contributed by atoms with Crippen molar-refractivity contribution in [3.05, 3.63) is 88.0 Å². The Hall–Kier alpha value is -4.14. The van der Waals surface area contributed by atoms with Gasteiger partial charge in [0, 0.05) is 18.1 Å². The second-order valence-electron chi connectivity index (χ2n) is 8.01. The van der Waals surface area contributed by atoms with Crippen LogP contribution in [0.1, 0.15) is 52.1 Å². The van der Waals surface area contributed by atoms with Crippen molar-refractivity contribution in [3.8, 4) is 11.5 Å². The molecule has 2 aromatic carbocycles. The zero-order valence-corrected chi connectivity index (χ0v) is 18.7. The SMILES string of the molecule is CC(C)=CC[C@@H](OC(=O)/C=C/c1ccccc1C(F)(F)F)C1=CC(=O)c2c(O)ccc(O)c2C1=O. The number of ketones is 2. The van der Waals surface area contributed by atoms with Gasteiger partial charge in [-0.3, -0.25) is 9.59 Å². The highest BCUT2D eigenvalue weighted by molar-refractivity contribution is 6.27. The van der Waals surface area contributed by atoms with E-state index in [0.717, 1.165) is 42.0 Å². The fraction of sp³-hybridized carbons (Fsp3) is 0.192. The van der Waals surface area contributed by atoms with Crippen LogP contribution in [0.3, 0.4) is 0 Å². The third-order valence-corrected chi connectivity index (χ3v) is 5.19. The van der Waals surface area contributed by atoms with Crippen molar-refractivity contribution in [1.82, 2.24) is 0 Å². The van der Waals surface area contributed by atoms with E-state index in [2.05, 4.69) is 0 Å². The molecule has 9 heteroatoms. The van der Waals surface area contributed by atoms with Gasteiger partial charge in [0.25, 0.3) is 0 Å². The lowest BCUT2D eigenvalue weighted by molar-refractivity contribution is -0.141. The van der Waals surface area contributed by atoms with Crippen LogP contribution in [0.5, 0.6) is 11.5 Å². The summed E-state index contributed by atoms with van der Waals surface area (Å²) in [4.78, 5) is 38.2. The maximum Gasteiger partial charge on any atom is 0.416 e. The molecule has 0 heterocycles. The van der Waals surface area contributed by atoms with Gasteiger partial charge in [-0.15, -0.1) is 0 Å². The quantitative estimate of drug-likeness (QED) is 0.245. The number of Topliss-reactive ketones (excluding diaryl/α,β-unsaturated/α-hetero) is 1. The normalized spacial score (nSPS) is 14.4. The second-order valence-corrected chi connectivity index (χ2v) is 8.01. The molecule has 1 atom stereocenters. The number of carbonyl (C=O) groups is 3. The standard InChI is InChI=1S/C26H21F3O6/c1-14(2)7-11-21(16-13-20(32)23-18(30)9-10-19(31)24(23)25(16)34)35-22(33)12-8-15-5-3-4-6-17(15)26(27,28)29/h3-10,12-13,21,30-31H,11H2,1-2H3/b12-8+/t21-/m1/s1. The topological polar surface area (TPSA) is 101 Å². The predicted molar refractivity (Wildman–Crippen MR) is 121 cm³/mol. The van der Waals surface area contributed by atoms with Gasteiger partial charge in [0.05, 0.1) is 16.7 Å². The van der Waals surface area contributed by atoms with Gasteiger partial charge in [0.2, 0.25) is 0 Å². The molecule has 2 N–H and O–H groups in total. The van der Waals surface area contributed by atoms with E-state index in [4.69, 9.17) is 4.74 Å². The molecule has 182 valence electrons. The van der Waals surface area contributed by atoms with Gasteiger partial charge in [0.15, 0.2) is 11.6 Å². The molecule has 35 heavy (non-hydrogen) atoms. The Morgan fingerprint density at radius 1 is 1.03 bits per heavy atom. The highest BCUT2D eigenvalue weighted by Crippen LogP contribution is 2.36. The number of hydrogen-bond acceptors (Lipinski definition) is 6. The number of ether oxygens (including phenoxy) is 1. The number of benzene rings is 2. The molecule has 2 aromatic rings. The molecular formula is C26H21F3O6. The summed E-state index contributed by atoms with van der Waals surface area (Å²) in [5.41, 5.74) is -1.40. The molecular weight excluding hydrogens is 465 g/mol. The molecule has 0 aliphatic heterocycles. The molecule has 3 rings (SSSR count). The van der Waals surface area contributed by atoms with E-state index in [-0.39, 0.29) is 23.1 Å². The Kier molecular flexibility index (Phi) is 7.28. The highest BCUT2D eigenvalue weighted by Gasteiger charge is 2.36. The second kappa shape index (κ2) is 10.0. The van der Waals surface area contributed by atoms with Crippen molar-refractivity contribution >= 4 is 23.6 Å². The van der Waals surface area contributed by atoms with E-state index in [9.17, 15) is 37.8 Å². The number of halogens is 3. The summed E-state index contributed by atoms with van der Waals surface area (Å²) >= 11 is 0. The van der Waals surface area contributed by atoms with E-state index >= 15 is 0 Å². The lowest BCUT2D eigenvalue weighted by atomic mass is 9.85. The van der Waals surface area contributed by atoms with Gasteiger partial charge in [-0.1, -0.05) is 29.8 Å². The molecule has 0 bridgehead atoms. The highest BCUT2D eigenvalue weighted by atomic mass is 19.4. The summed E-state index contributed by atoms with van der Waals surface area (Å²) in [7, 11) is 0. The Balaban J connectivity index is 1.93. The predicted octanol–water partition coefficient (Wildman–Crippen LogP) is 5.40. The Morgan fingerprint density at radius 2 is 1.66 bits per heavy atom. The van der Waals surface area contributed by atoms with Crippen molar-refractivity contribution in [2.75, 3.05) is 0 Å². The number of allylic oxidation sites excluding steroid dienone is 2. The third kappa shape index (κ3) is 5.68. The van der Waals surface area contributed by atoms with Gasteiger partial charge in [-0.2, -0.15) is 13.2 Å². The first-order valence-corrected chi connectivity index (χ1v) is 10.4. The lowest BCUT2D eigenvalue weighted by Crippen LogP contribution is -2.28. The number of rotatable bonds is 6. The number of carbonyl (C=O) groups excluding carboxylic acids is 3. The minimum atomic E-state index is -4.63. The number of fused-ring (bicyclic) bond motifs is 1. The van der Waals surface area contributed by atoms with Crippen LogP contribution in [0, 0.1) is 0 Å². The first-order valence-electron chi connectivity index (χ1n) is 10.4. The van der Waals surface area contributed by atoms with Crippen molar-refractivity contribution in [2.24, 2.45) is 0 Å². The molecule has 0 radical (unpaired) electrons. The van der Waals surface area contributed by atoms with E-state index in [1.165, 1.54) is 18.2 Å². The van der Waals surface area contributed by atoms with Gasteiger partial charge in [0.1, 0.15) is 17.6 Å². The van der Waals surface area contributed by atoms with E-state index in [1.54, 1.807) is 19.9 Å². The zero-order chi connectivity index (χ0) is 25.9. The average Bonchev–Trinajstić information content (AvgIpc) is 2.78. The fourth-order valence-corrected chi connectivity index (χ4v) is 3.54. The third-order valence-electron chi connectivity index (χ3n) is 5.19. The van der Waals surface area contributed by atoms with Crippen LogP contribution in [0.4, 0.5) is 13.2 Å². The molecule has 0 spiro atoms. The van der Waals surface area contributed by atoms with Gasteiger partial charge in [-0.25, -0.2) is 4.79 Å². The maximum absolute atomic E-state index is 13.2. The molecule has 0 aromatic heterocycles. The molecule has 0 saturated heterocycles. The smallest absolute Gasteiger partial charge is 0.416 e. The lowest BCUT2D eigenvalue weighted by Gasteiger charge is -2.23. The Bertz CT molecular complexity index is 1280. The minimum Gasteiger partial charge on any atom is -0.507 e. The maximum atomic E-state index is 13.2. The average molecular weight is 486 g/mol. The monoisotopic (exact) mass is 486 g/mol.